The van der Waals surface area contributed by atoms with Crippen molar-refractivity contribution in [1.82, 2.24) is 25.1 Å². The summed E-state index contributed by atoms with van der Waals surface area (Å²) in [6, 6.07) is 17.6. The molecule has 140 valence electrons. The Morgan fingerprint density at radius 2 is 1.70 bits per heavy atom. The summed E-state index contributed by atoms with van der Waals surface area (Å²) in [6.07, 6.45) is 2.03. The van der Waals surface area contributed by atoms with E-state index < -0.39 is 6.04 Å². The lowest BCUT2D eigenvalue weighted by atomic mass is 10.0. The quantitative estimate of drug-likeness (QED) is 0.643. The van der Waals surface area contributed by atoms with E-state index in [0.29, 0.717) is 13.0 Å². The minimum Gasteiger partial charge on any atom is -0.378 e. The third kappa shape index (κ3) is 4.69. The molecule has 0 spiro atoms. The molecule has 3 rings (SSSR count). The van der Waals surface area contributed by atoms with Crippen molar-refractivity contribution in [2.45, 2.75) is 19.0 Å². The number of hydrogen-bond donors (Lipinski definition) is 0. The largest absolute Gasteiger partial charge is 0.378 e. The SMILES string of the molecule is CN(Cc1ccc(N(C)C)cc1)C(=O)C(Cc1ccccc1)n1cnnn1. The lowest BCUT2D eigenvalue weighted by Gasteiger charge is -2.24. The maximum atomic E-state index is 13.1. The van der Waals surface area contributed by atoms with Crippen LogP contribution in [-0.4, -0.2) is 52.2 Å². The first kappa shape index (κ1) is 18.6. The van der Waals surface area contributed by atoms with Crippen molar-refractivity contribution in [1.29, 1.82) is 0 Å². The van der Waals surface area contributed by atoms with E-state index in [0.717, 1.165) is 16.8 Å². The number of carbonyl (C=O) groups excluding carboxylic acids is 1. The molecule has 3 aromatic rings. The first-order chi connectivity index (χ1) is 13.0. The van der Waals surface area contributed by atoms with Gasteiger partial charge in [0, 0.05) is 39.8 Å². The van der Waals surface area contributed by atoms with E-state index in [1.807, 2.05) is 68.5 Å². The highest BCUT2D eigenvalue weighted by molar-refractivity contribution is 5.80. The number of amides is 1. The molecule has 0 aliphatic carbocycles. The highest BCUT2D eigenvalue weighted by atomic mass is 16.2. The first-order valence-corrected chi connectivity index (χ1v) is 8.82. The van der Waals surface area contributed by atoms with Crippen LogP contribution in [0.5, 0.6) is 0 Å². The zero-order valence-electron chi connectivity index (χ0n) is 15.9. The van der Waals surface area contributed by atoms with Gasteiger partial charge in [-0.25, -0.2) is 4.68 Å². The summed E-state index contributed by atoms with van der Waals surface area (Å²) < 4.78 is 1.53. The zero-order valence-corrected chi connectivity index (χ0v) is 15.9. The van der Waals surface area contributed by atoms with Crippen molar-refractivity contribution < 1.29 is 4.79 Å². The van der Waals surface area contributed by atoms with Gasteiger partial charge in [0.2, 0.25) is 5.91 Å². The molecule has 0 saturated carbocycles. The molecular weight excluding hydrogens is 340 g/mol. The second-order valence-corrected chi connectivity index (χ2v) is 6.75. The highest BCUT2D eigenvalue weighted by Gasteiger charge is 2.25. The van der Waals surface area contributed by atoms with Gasteiger partial charge in [-0.3, -0.25) is 4.79 Å². The predicted octanol–water partition coefficient (Wildman–Crippen LogP) is 2.18. The molecule has 0 N–H and O–H groups in total. The standard InChI is InChI=1S/C20H24N6O/c1-24(2)18-11-9-17(10-12-18)14-25(3)20(27)19(26-15-21-22-23-26)13-16-7-5-4-6-8-16/h4-12,15,19H,13-14H2,1-3H3. The maximum Gasteiger partial charge on any atom is 0.247 e. The number of likely N-dealkylation sites (N-methyl/N-ethyl adjacent to an activating group) is 1. The normalized spacial score (nSPS) is 11.8. The smallest absolute Gasteiger partial charge is 0.247 e. The Bertz CT molecular complexity index is 846. The number of aromatic nitrogens is 4. The molecule has 0 fully saturated rings. The van der Waals surface area contributed by atoms with Crippen LogP contribution in [0.15, 0.2) is 60.9 Å². The molecular formula is C20H24N6O. The predicted molar refractivity (Wildman–Crippen MR) is 104 cm³/mol. The lowest BCUT2D eigenvalue weighted by Crippen LogP contribution is -2.35. The van der Waals surface area contributed by atoms with Crippen LogP contribution in [0, 0.1) is 0 Å². The van der Waals surface area contributed by atoms with Gasteiger partial charge in [-0.05, 0) is 33.7 Å². The molecule has 1 atom stereocenters. The fraction of sp³-hybridized carbons (Fsp3) is 0.300. The van der Waals surface area contributed by atoms with Crippen molar-refractivity contribution in [2.75, 3.05) is 26.0 Å². The lowest BCUT2D eigenvalue weighted by molar-refractivity contribution is -0.134. The van der Waals surface area contributed by atoms with E-state index >= 15 is 0 Å². The van der Waals surface area contributed by atoms with Gasteiger partial charge in [0.1, 0.15) is 12.4 Å². The Labute approximate surface area is 159 Å². The summed E-state index contributed by atoms with van der Waals surface area (Å²) in [5.41, 5.74) is 3.27. The number of tetrazole rings is 1. The minimum atomic E-state index is -0.478. The molecule has 27 heavy (non-hydrogen) atoms. The molecule has 1 aromatic heterocycles. The Morgan fingerprint density at radius 3 is 2.30 bits per heavy atom. The van der Waals surface area contributed by atoms with Gasteiger partial charge in [0.25, 0.3) is 0 Å². The second-order valence-electron chi connectivity index (χ2n) is 6.75. The van der Waals surface area contributed by atoms with E-state index in [2.05, 4.69) is 27.7 Å². The van der Waals surface area contributed by atoms with Crippen molar-refractivity contribution in [3.05, 3.63) is 72.1 Å². The summed E-state index contributed by atoms with van der Waals surface area (Å²) in [5.74, 6) is -0.0251. The minimum absolute atomic E-state index is 0.0251. The van der Waals surface area contributed by atoms with Crippen molar-refractivity contribution in [3.8, 4) is 0 Å². The molecule has 7 nitrogen and oxygen atoms in total. The maximum absolute atomic E-state index is 13.1. The summed E-state index contributed by atoms with van der Waals surface area (Å²) in [4.78, 5) is 16.9. The number of anilines is 1. The summed E-state index contributed by atoms with van der Waals surface area (Å²) in [6.45, 7) is 0.528. The molecule has 0 saturated heterocycles. The van der Waals surface area contributed by atoms with Crippen molar-refractivity contribution >= 4 is 11.6 Å². The molecule has 2 aromatic carbocycles. The average Bonchev–Trinajstić information content (AvgIpc) is 3.21. The third-order valence-corrected chi connectivity index (χ3v) is 4.49. The van der Waals surface area contributed by atoms with Gasteiger partial charge >= 0.3 is 0 Å². The molecule has 1 unspecified atom stereocenters. The first-order valence-electron chi connectivity index (χ1n) is 8.82. The Hall–Kier alpha value is -3.22. The summed E-state index contributed by atoms with van der Waals surface area (Å²) in [5, 5.41) is 11.3. The third-order valence-electron chi connectivity index (χ3n) is 4.49. The van der Waals surface area contributed by atoms with Crippen LogP contribution in [0.1, 0.15) is 17.2 Å². The number of benzene rings is 2. The topological polar surface area (TPSA) is 67.2 Å². The van der Waals surface area contributed by atoms with Crippen LogP contribution in [-0.2, 0) is 17.8 Å². The fourth-order valence-electron chi connectivity index (χ4n) is 2.95. The van der Waals surface area contributed by atoms with E-state index in [9.17, 15) is 4.79 Å². The zero-order chi connectivity index (χ0) is 19.2. The summed E-state index contributed by atoms with van der Waals surface area (Å²) in [7, 11) is 5.82. The Kier molecular flexibility index (Phi) is 5.80. The van der Waals surface area contributed by atoms with Gasteiger partial charge in [0.05, 0.1) is 0 Å². The number of nitrogens with zero attached hydrogens (tertiary/aromatic N) is 6. The second kappa shape index (κ2) is 8.44. The Balaban J connectivity index is 1.74. The van der Waals surface area contributed by atoms with Crippen molar-refractivity contribution in [2.24, 2.45) is 0 Å². The van der Waals surface area contributed by atoms with Gasteiger partial charge in [-0.2, -0.15) is 0 Å². The molecule has 0 radical (unpaired) electrons. The van der Waals surface area contributed by atoms with E-state index in [1.165, 1.54) is 11.0 Å². The number of rotatable bonds is 7. The average molecular weight is 364 g/mol. The molecule has 7 heteroatoms. The van der Waals surface area contributed by atoms with E-state index in [4.69, 9.17) is 0 Å². The van der Waals surface area contributed by atoms with Crippen LogP contribution in [0.2, 0.25) is 0 Å². The molecule has 1 amide bonds. The van der Waals surface area contributed by atoms with Crippen LogP contribution in [0.25, 0.3) is 0 Å². The van der Waals surface area contributed by atoms with E-state index in [1.54, 1.807) is 4.90 Å². The Morgan fingerprint density at radius 1 is 1.00 bits per heavy atom. The molecule has 0 aliphatic heterocycles. The van der Waals surface area contributed by atoms with Crippen LogP contribution < -0.4 is 4.90 Å². The highest BCUT2D eigenvalue weighted by Crippen LogP contribution is 2.18. The van der Waals surface area contributed by atoms with Crippen molar-refractivity contribution in [3.63, 3.8) is 0 Å². The van der Waals surface area contributed by atoms with Gasteiger partial charge < -0.3 is 9.80 Å². The van der Waals surface area contributed by atoms with Crippen LogP contribution >= 0.6 is 0 Å². The number of carbonyl (C=O) groups is 1. The number of hydrogen-bond acceptors (Lipinski definition) is 5. The van der Waals surface area contributed by atoms with Gasteiger partial charge in [-0.15, -0.1) is 5.10 Å². The monoisotopic (exact) mass is 364 g/mol. The van der Waals surface area contributed by atoms with Crippen LogP contribution in [0.3, 0.4) is 0 Å². The molecule has 0 bridgehead atoms. The fourth-order valence-corrected chi connectivity index (χ4v) is 2.95. The van der Waals surface area contributed by atoms with Gasteiger partial charge in [-0.1, -0.05) is 42.5 Å². The summed E-state index contributed by atoms with van der Waals surface area (Å²) >= 11 is 0. The van der Waals surface area contributed by atoms with Crippen LogP contribution in [0.4, 0.5) is 5.69 Å². The van der Waals surface area contributed by atoms with E-state index in [-0.39, 0.29) is 5.91 Å². The molecule has 1 heterocycles. The van der Waals surface area contributed by atoms with Gasteiger partial charge in [0.15, 0.2) is 0 Å². The molecule has 0 aliphatic rings.